The fourth-order valence-electron chi connectivity index (χ4n) is 1.96. The summed E-state index contributed by atoms with van der Waals surface area (Å²) in [6.45, 7) is 0. The molecule has 0 radical (unpaired) electrons. The van der Waals surface area contributed by atoms with Crippen molar-refractivity contribution in [2.75, 3.05) is 7.11 Å². The highest BCUT2D eigenvalue weighted by Crippen LogP contribution is 2.36. The summed E-state index contributed by atoms with van der Waals surface area (Å²) in [5.74, 6) is -0.929. The molecule has 1 unspecified atom stereocenters. The molecule has 2 rings (SSSR count). The Morgan fingerprint density at radius 1 is 1.20 bits per heavy atom. The third kappa shape index (κ3) is 3.38. The Kier molecular flexibility index (Phi) is 5.16. The summed E-state index contributed by atoms with van der Waals surface area (Å²) in [6, 6.07) is 9.79. The first-order valence-electron chi connectivity index (χ1n) is 5.93. The maximum atomic E-state index is 13.7. The highest BCUT2D eigenvalue weighted by atomic mass is 79.9. The van der Waals surface area contributed by atoms with E-state index in [0.29, 0.717) is 17.7 Å². The zero-order valence-electron chi connectivity index (χ0n) is 10.7. The lowest BCUT2D eigenvalue weighted by atomic mass is 10.0. The summed E-state index contributed by atoms with van der Waals surface area (Å²) in [6.07, 6.45) is 0.330. The molecule has 0 aromatic heterocycles. The van der Waals surface area contributed by atoms with Crippen LogP contribution in [0, 0.1) is 11.6 Å². The molecule has 5 heteroatoms. The average molecular weight is 406 g/mol. The van der Waals surface area contributed by atoms with E-state index in [1.54, 1.807) is 13.2 Å². The normalized spacial score (nSPS) is 12.2. The molecule has 0 aliphatic carbocycles. The standard InChI is InChI=1S/C15H12Br2F2O/c1-20-14-6-5-10(16)8-11(14)12(17)7-9-3-2-4-13(18)15(9)19/h2-6,8,12H,7H2,1H3. The molecule has 0 aliphatic heterocycles. The Bertz CT molecular complexity index is 617. The highest BCUT2D eigenvalue weighted by Gasteiger charge is 2.17. The van der Waals surface area contributed by atoms with E-state index in [1.165, 1.54) is 6.07 Å². The zero-order chi connectivity index (χ0) is 14.7. The predicted molar refractivity (Wildman–Crippen MR) is 82.4 cm³/mol. The lowest BCUT2D eigenvalue weighted by Crippen LogP contribution is -2.02. The third-order valence-corrected chi connectivity index (χ3v) is 4.27. The van der Waals surface area contributed by atoms with Gasteiger partial charge in [0, 0.05) is 14.9 Å². The molecular weight excluding hydrogens is 394 g/mol. The number of hydrogen-bond acceptors (Lipinski definition) is 1. The second-order valence-electron chi connectivity index (χ2n) is 4.27. The molecule has 0 fully saturated rings. The van der Waals surface area contributed by atoms with E-state index in [1.807, 2.05) is 18.2 Å². The van der Waals surface area contributed by atoms with Gasteiger partial charge in [0.1, 0.15) is 5.75 Å². The van der Waals surface area contributed by atoms with E-state index >= 15 is 0 Å². The van der Waals surface area contributed by atoms with Gasteiger partial charge in [-0.3, -0.25) is 0 Å². The van der Waals surface area contributed by atoms with Crippen LogP contribution in [0.4, 0.5) is 8.78 Å². The molecule has 0 spiro atoms. The van der Waals surface area contributed by atoms with Gasteiger partial charge < -0.3 is 4.74 Å². The van der Waals surface area contributed by atoms with Crippen LogP contribution in [0.15, 0.2) is 40.9 Å². The van der Waals surface area contributed by atoms with Crippen LogP contribution in [0.3, 0.4) is 0 Å². The first kappa shape index (κ1) is 15.4. The maximum Gasteiger partial charge on any atom is 0.162 e. The summed E-state index contributed by atoms with van der Waals surface area (Å²) in [7, 11) is 1.58. The molecule has 0 heterocycles. The first-order chi connectivity index (χ1) is 9.52. The van der Waals surface area contributed by atoms with Crippen LogP contribution in [0.5, 0.6) is 5.75 Å². The third-order valence-electron chi connectivity index (χ3n) is 2.96. The Morgan fingerprint density at radius 2 is 1.95 bits per heavy atom. The summed E-state index contributed by atoms with van der Waals surface area (Å²) in [4.78, 5) is -0.175. The number of rotatable bonds is 4. The van der Waals surface area contributed by atoms with Gasteiger partial charge in [0.25, 0.3) is 0 Å². The van der Waals surface area contributed by atoms with Crippen molar-refractivity contribution in [3.05, 3.63) is 63.6 Å². The van der Waals surface area contributed by atoms with Crippen molar-refractivity contribution in [3.8, 4) is 5.75 Å². The van der Waals surface area contributed by atoms with Crippen LogP contribution in [0.2, 0.25) is 0 Å². The molecule has 1 atom stereocenters. The molecule has 0 saturated carbocycles. The summed E-state index contributed by atoms with van der Waals surface area (Å²) in [5, 5.41) is 0. The molecule has 2 aromatic rings. The van der Waals surface area contributed by atoms with Crippen LogP contribution in [-0.4, -0.2) is 7.11 Å². The van der Waals surface area contributed by atoms with Gasteiger partial charge in [-0.1, -0.05) is 44.0 Å². The lowest BCUT2D eigenvalue weighted by molar-refractivity contribution is 0.409. The molecule has 0 amide bonds. The van der Waals surface area contributed by atoms with Crippen LogP contribution >= 0.6 is 31.9 Å². The number of ether oxygens (including phenoxy) is 1. The molecule has 106 valence electrons. The minimum absolute atomic E-state index is 0.175. The number of halogens is 4. The SMILES string of the molecule is COc1ccc(Br)cc1C(Br)Cc1cccc(F)c1F. The monoisotopic (exact) mass is 404 g/mol. The van der Waals surface area contributed by atoms with Gasteiger partial charge in [0.15, 0.2) is 11.6 Å². The van der Waals surface area contributed by atoms with Crippen molar-refractivity contribution in [2.45, 2.75) is 11.2 Å². The van der Waals surface area contributed by atoms with Crippen LogP contribution < -0.4 is 4.74 Å². The van der Waals surface area contributed by atoms with Crippen LogP contribution in [0.1, 0.15) is 16.0 Å². The summed E-state index contributed by atoms with van der Waals surface area (Å²) < 4.78 is 33.1. The van der Waals surface area contributed by atoms with Gasteiger partial charge >= 0.3 is 0 Å². The summed E-state index contributed by atoms with van der Waals surface area (Å²) in [5.41, 5.74) is 1.21. The van der Waals surface area contributed by atoms with E-state index in [9.17, 15) is 8.78 Å². The van der Waals surface area contributed by atoms with Gasteiger partial charge in [-0.05, 0) is 36.2 Å². The van der Waals surface area contributed by atoms with Crippen molar-refractivity contribution >= 4 is 31.9 Å². The largest absolute Gasteiger partial charge is 0.496 e. The van der Waals surface area contributed by atoms with E-state index in [4.69, 9.17) is 4.74 Å². The smallest absolute Gasteiger partial charge is 0.162 e. The van der Waals surface area contributed by atoms with Gasteiger partial charge in [-0.15, -0.1) is 0 Å². The average Bonchev–Trinajstić information content (AvgIpc) is 2.43. The molecule has 20 heavy (non-hydrogen) atoms. The van der Waals surface area contributed by atoms with E-state index in [0.717, 1.165) is 16.1 Å². The fraction of sp³-hybridized carbons (Fsp3) is 0.200. The number of methoxy groups -OCH3 is 1. The number of benzene rings is 2. The van der Waals surface area contributed by atoms with E-state index in [2.05, 4.69) is 31.9 Å². The first-order valence-corrected chi connectivity index (χ1v) is 7.64. The van der Waals surface area contributed by atoms with Gasteiger partial charge in [-0.2, -0.15) is 0 Å². The Morgan fingerprint density at radius 3 is 2.65 bits per heavy atom. The minimum atomic E-state index is -0.830. The van der Waals surface area contributed by atoms with Crippen molar-refractivity contribution < 1.29 is 13.5 Å². The molecule has 1 nitrogen and oxygen atoms in total. The van der Waals surface area contributed by atoms with Crippen molar-refractivity contribution in [2.24, 2.45) is 0 Å². The lowest BCUT2D eigenvalue weighted by Gasteiger charge is -2.15. The topological polar surface area (TPSA) is 9.23 Å². The van der Waals surface area contributed by atoms with Crippen molar-refractivity contribution in [3.63, 3.8) is 0 Å². The zero-order valence-corrected chi connectivity index (χ0v) is 13.8. The highest BCUT2D eigenvalue weighted by molar-refractivity contribution is 9.10. The minimum Gasteiger partial charge on any atom is -0.496 e. The molecular formula is C15H12Br2F2O. The second kappa shape index (κ2) is 6.68. The van der Waals surface area contributed by atoms with Crippen LogP contribution in [0.25, 0.3) is 0 Å². The maximum absolute atomic E-state index is 13.7. The quantitative estimate of drug-likeness (QED) is 0.617. The van der Waals surface area contributed by atoms with Gasteiger partial charge in [-0.25, -0.2) is 8.78 Å². The van der Waals surface area contributed by atoms with Gasteiger partial charge in [0.05, 0.1) is 7.11 Å². The number of hydrogen-bond donors (Lipinski definition) is 0. The molecule has 0 bridgehead atoms. The van der Waals surface area contributed by atoms with Gasteiger partial charge in [0.2, 0.25) is 0 Å². The molecule has 2 aromatic carbocycles. The summed E-state index contributed by atoms with van der Waals surface area (Å²) >= 11 is 6.91. The predicted octanol–water partition coefficient (Wildman–Crippen LogP) is 5.41. The Hall–Kier alpha value is -0.940. The van der Waals surface area contributed by atoms with E-state index in [-0.39, 0.29) is 4.83 Å². The molecule has 0 saturated heterocycles. The Balaban J connectivity index is 2.30. The molecule has 0 aliphatic rings. The van der Waals surface area contributed by atoms with Crippen molar-refractivity contribution in [1.29, 1.82) is 0 Å². The van der Waals surface area contributed by atoms with Crippen LogP contribution in [-0.2, 0) is 6.42 Å². The Labute approximate surface area is 133 Å². The molecule has 0 N–H and O–H groups in total. The second-order valence-corrected chi connectivity index (χ2v) is 6.29. The van der Waals surface area contributed by atoms with Crippen molar-refractivity contribution in [1.82, 2.24) is 0 Å². The fourth-order valence-corrected chi connectivity index (χ4v) is 3.04. The number of alkyl halides is 1. The van der Waals surface area contributed by atoms with E-state index < -0.39 is 11.6 Å².